The second-order valence-corrected chi connectivity index (χ2v) is 7.00. The topological polar surface area (TPSA) is 69.5 Å². The Morgan fingerprint density at radius 2 is 1.79 bits per heavy atom. The van der Waals surface area contributed by atoms with Crippen LogP contribution in [0.15, 0.2) is 59.9 Å². The van der Waals surface area contributed by atoms with Crippen LogP contribution < -0.4 is 10.2 Å². The molecule has 4 rings (SSSR count). The minimum atomic E-state index is 0.718. The molecule has 1 saturated heterocycles. The molecular formula is C22H27N7. The minimum absolute atomic E-state index is 0.718. The van der Waals surface area contributed by atoms with Crippen molar-refractivity contribution < 1.29 is 0 Å². The summed E-state index contributed by atoms with van der Waals surface area (Å²) in [6.07, 6.45) is 4.42. The summed E-state index contributed by atoms with van der Waals surface area (Å²) in [4.78, 5) is 22.9. The smallest absolute Gasteiger partial charge is 0.225 e. The molecule has 29 heavy (non-hydrogen) atoms. The summed E-state index contributed by atoms with van der Waals surface area (Å²) < 4.78 is 0. The average molecular weight is 390 g/mol. The Kier molecular flexibility index (Phi) is 6.14. The van der Waals surface area contributed by atoms with Crippen molar-refractivity contribution in [3.05, 3.63) is 60.6 Å². The molecule has 3 heterocycles. The van der Waals surface area contributed by atoms with Gasteiger partial charge in [-0.3, -0.25) is 9.98 Å². The summed E-state index contributed by atoms with van der Waals surface area (Å²) in [5, 5.41) is 4.60. The highest BCUT2D eigenvalue weighted by atomic mass is 15.4. The van der Waals surface area contributed by atoms with Crippen molar-refractivity contribution in [2.45, 2.75) is 13.3 Å². The molecule has 1 aliphatic rings. The number of aliphatic imine (C=N–C) groups is 1. The molecule has 2 aromatic heterocycles. The SMILES string of the molecule is CCNC(=NCCc1ccc2ccccc2n1)N1CCN(c2ncccn2)CC1. The van der Waals surface area contributed by atoms with Crippen LogP contribution in [0.5, 0.6) is 0 Å². The first-order chi connectivity index (χ1) is 14.3. The van der Waals surface area contributed by atoms with Gasteiger partial charge in [0.15, 0.2) is 5.96 Å². The van der Waals surface area contributed by atoms with Gasteiger partial charge in [-0.05, 0) is 25.1 Å². The van der Waals surface area contributed by atoms with E-state index in [2.05, 4.69) is 56.3 Å². The van der Waals surface area contributed by atoms with Crippen LogP contribution in [-0.2, 0) is 6.42 Å². The maximum absolute atomic E-state index is 4.85. The molecule has 150 valence electrons. The Hall–Kier alpha value is -3.22. The van der Waals surface area contributed by atoms with Crippen molar-refractivity contribution in [1.29, 1.82) is 0 Å². The van der Waals surface area contributed by atoms with Gasteiger partial charge in [0.05, 0.1) is 5.52 Å². The van der Waals surface area contributed by atoms with Gasteiger partial charge in [0.25, 0.3) is 0 Å². The summed E-state index contributed by atoms with van der Waals surface area (Å²) in [7, 11) is 0. The molecule has 3 aromatic rings. The molecule has 0 saturated carbocycles. The molecule has 7 heteroatoms. The predicted molar refractivity (Wildman–Crippen MR) is 117 cm³/mol. The molecule has 0 amide bonds. The van der Waals surface area contributed by atoms with Crippen molar-refractivity contribution >= 4 is 22.8 Å². The summed E-state index contributed by atoms with van der Waals surface area (Å²) in [6.45, 7) is 7.26. The van der Waals surface area contributed by atoms with Crippen LogP contribution in [-0.4, -0.2) is 65.1 Å². The normalized spacial score (nSPS) is 15.0. The van der Waals surface area contributed by atoms with Gasteiger partial charge in [-0.25, -0.2) is 9.97 Å². The van der Waals surface area contributed by atoms with E-state index in [4.69, 9.17) is 9.98 Å². The van der Waals surface area contributed by atoms with E-state index in [0.29, 0.717) is 0 Å². The minimum Gasteiger partial charge on any atom is -0.357 e. The van der Waals surface area contributed by atoms with Crippen LogP contribution >= 0.6 is 0 Å². The fourth-order valence-electron chi connectivity index (χ4n) is 3.52. The molecule has 1 fully saturated rings. The third-order valence-electron chi connectivity index (χ3n) is 5.03. The lowest BCUT2D eigenvalue weighted by molar-refractivity contribution is 0.370. The van der Waals surface area contributed by atoms with Crippen molar-refractivity contribution in [2.24, 2.45) is 4.99 Å². The van der Waals surface area contributed by atoms with E-state index in [-0.39, 0.29) is 0 Å². The highest BCUT2D eigenvalue weighted by molar-refractivity contribution is 5.80. The lowest BCUT2D eigenvalue weighted by Crippen LogP contribution is -2.53. The summed E-state index contributed by atoms with van der Waals surface area (Å²) in [6, 6.07) is 14.3. The Morgan fingerprint density at radius 1 is 1.00 bits per heavy atom. The van der Waals surface area contributed by atoms with Crippen LogP contribution in [0.3, 0.4) is 0 Å². The van der Waals surface area contributed by atoms with Crippen molar-refractivity contribution in [2.75, 3.05) is 44.2 Å². The van der Waals surface area contributed by atoms with Gasteiger partial charge in [0.2, 0.25) is 5.95 Å². The molecular weight excluding hydrogens is 362 g/mol. The number of nitrogens with zero attached hydrogens (tertiary/aromatic N) is 6. The van der Waals surface area contributed by atoms with Crippen molar-refractivity contribution in [3.63, 3.8) is 0 Å². The number of pyridine rings is 1. The second kappa shape index (κ2) is 9.32. The van der Waals surface area contributed by atoms with Gasteiger partial charge in [-0.15, -0.1) is 0 Å². The zero-order valence-electron chi connectivity index (χ0n) is 16.8. The maximum Gasteiger partial charge on any atom is 0.225 e. The van der Waals surface area contributed by atoms with E-state index in [1.54, 1.807) is 12.4 Å². The van der Waals surface area contributed by atoms with Crippen LogP contribution in [0.25, 0.3) is 10.9 Å². The Bertz CT molecular complexity index is 950. The maximum atomic E-state index is 4.85. The molecule has 0 aliphatic carbocycles. The highest BCUT2D eigenvalue weighted by Gasteiger charge is 2.20. The average Bonchev–Trinajstić information content (AvgIpc) is 2.79. The Labute approximate surface area is 171 Å². The van der Waals surface area contributed by atoms with Crippen molar-refractivity contribution in [1.82, 2.24) is 25.2 Å². The van der Waals surface area contributed by atoms with Crippen LogP contribution in [0.1, 0.15) is 12.6 Å². The first-order valence-corrected chi connectivity index (χ1v) is 10.2. The standard InChI is InChI=1S/C22H27N7/c1-2-23-21(28-14-16-29(17-15-28)22-24-11-5-12-25-22)26-13-10-19-9-8-18-6-3-4-7-20(18)27-19/h3-9,11-12H,2,10,13-17H2,1H3,(H,23,26). The van der Waals surface area contributed by atoms with Gasteiger partial charge in [-0.1, -0.05) is 24.3 Å². The lowest BCUT2D eigenvalue weighted by atomic mass is 10.2. The van der Waals surface area contributed by atoms with E-state index in [0.717, 1.165) is 68.8 Å². The van der Waals surface area contributed by atoms with E-state index in [1.807, 2.05) is 18.2 Å². The number of aromatic nitrogens is 3. The first-order valence-electron chi connectivity index (χ1n) is 10.2. The monoisotopic (exact) mass is 389 g/mol. The third kappa shape index (κ3) is 4.80. The van der Waals surface area contributed by atoms with E-state index < -0.39 is 0 Å². The third-order valence-corrected chi connectivity index (χ3v) is 5.03. The molecule has 1 aromatic carbocycles. The fraction of sp³-hybridized carbons (Fsp3) is 0.364. The van der Waals surface area contributed by atoms with Gasteiger partial charge in [0.1, 0.15) is 0 Å². The number of piperazine rings is 1. The molecule has 1 aliphatic heterocycles. The quantitative estimate of drug-likeness (QED) is 0.534. The lowest BCUT2D eigenvalue weighted by Gasteiger charge is -2.36. The largest absolute Gasteiger partial charge is 0.357 e. The number of hydrogen-bond acceptors (Lipinski definition) is 5. The summed E-state index contributed by atoms with van der Waals surface area (Å²) in [5.41, 5.74) is 2.12. The van der Waals surface area contributed by atoms with Gasteiger partial charge in [-0.2, -0.15) is 0 Å². The number of fused-ring (bicyclic) bond motifs is 1. The molecule has 0 spiro atoms. The second-order valence-electron chi connectivity index (χ2n) is 7.00. The zero-order chi connectivity index (χ0) is 19.9. The summed E-state index contributed by atoms with van der Waals surface area (Å²) >= 11 is 0. The first kappa shape index (κ1) is 19.1. The number of anilines is 1. The molecule has 0 radical (unpaired) electrons. The fourth-order valence-corrected chi connectivity index (χ4v) is 3.52. The number of benzene rings is 1. The van der Waals surface area contributed by atoms with Gasteiger partial charge >= 0.3 is 0 Å². The molecule has 1 N–H and O–H groups in total. The molecule has 0 unspecified atom stereocenters. The highest BCUT2D eigenvalue weighted by Crippen LogP contribution is 2.13. The summed E-state index contributed by atoms with van der Waals surface area (Å²) in [5.74, 6) is 1.78. The van der Waals surface area contributed by atoms with Gasteiger partial charge in [0, 0.05) is 69.2 Å². The Balaban J connectivity index is 1.36. The van der Waals surface area contributed by atoms with E-state index >= 15 is 0 Å². The predicted octanol–water partition coefficient (Wildman–Crippen LogP) is 2.36. The number of hydrogen-bond donors (Lipinski definition) is 1. The van der Waals surface area contributed by atoms with E-state index in [9.17, 15) is 0 Å². The number of guanidine groups is 1. The number of nitrogens with one attached hydrogen (secondary N) is 1. The van der Waals surface area contributed by atoms with Gasteiger partial charge < -0.3 is 15.1 Å². The van der Waals surface area contributed by atoms with Crippen molar-refractivity contribution in [3.8, 4) is 0 Å². The molecule has 0 atom stereocenters. The van der Waals surface area contributed by atoms with Crippen LogP contribution in [0, 0.1) is 0 Å². The molecule has 0 bridgehead atoms. The molecule has 7 nitrogen and oxygen atoms in total. The Morgan fingerprint density at radius 3 is 2.59 bits per heavy atom. The number of para-hydroxylation sites is 1. The van der Waals surface area contributed by atoms with E-state index in [1.165, 1.54) is 5.39 Å². The van der Waals surface area contributed by atoms with Crippen LogP contribution in [0.2, 0.25) is 0 Å². The van der Waals surface area contributed by atoms with Crippen LogP contribution in [0.4, 0.5) is 5.95 Å². The number of rotatable bonds is 5. The zero-order valence-corrected chi connectivity index (χ0v) is 16.8.